The second-order valence-electron chi connectivity index (χ2n) is 21.2. The second kappa shape index (κ2) is 15.0. The number of hydrogen-bond donors (Lipinski definition) is 2. The van der Waals surface area contributed by atoms with Crippen molar-refractivity contribution in [3.05, 3.63) is 59.2 Å². The van der Waals surface area contributed by atoms with Crippen LogP contribution in [-0.4, -0.2) is 47.3 Å². The third kappa shape index (κ3) is 7.09. The molecule has 59 heavy (non-hydrogen) atoms. The highest BCUT2D eigenvalue weighted by atomic mass is 16.6. The summed E-state index contributed by atoms with van der Waals surface area (Å²) in [6.07, 6.45) is 13.2. The van der Waals surface area contributed by atoms with Crippen molar-refractivity contribution in [2.75, 3.05) is 7.11 Å². The Morgan fingerprint density at radius 1 is 0.780 bits per heavy atom. The van der Waals surface area contributed by atoms with E-state index in [-0.39, 0.29) is 76.0 Å². The van der Waals surface area contributed by atoms with Crippen LogP contribution in [0.4, 0.5) is 0 Å². The van der Waals surface area contributed by atoms with Crippen molar-refractivity contribution in [3.8, 4) is 23.0 Å². The zero-order chi connectivity index (χ0) is 42.3. The number of carbonyl (C=O) groups is 3. The summed E-state index contributed by atoms with van der Waals surface area (Å²) in [5.41, 5.74) is 3.07. The van der Waals surface area contributed by atoms with E-state index in [0.29, 0.717) is 46.2 Å². The van der Waals surface area contributed by atoms with Gasteiger partial charge in [0.25, 0.3) is 0 Å². The number of allylic oxidation sites excluding steroid dienone is 2. The van der Waals surface area contributed by atoms with Gasteiger partial charge in [-0.3, -0.25) is 14.4 Å². The maximum Gasteiger partial charge on any atom is 0.311 e. The number of ketones is 1. The summed E-state index contributed by atoms with van der Waals surface area (Å²) < 4.78 is 23.9. The highest BCUT2D eigenvalue weighted by Crippen LogP contribution is 2.70. The van der Waals surface area contributed by atoms with Crippen LogP contribution >= 0.6 is 0 Å². The first-order valence-electron chi connectivity index (χ1n) is 22.3. The molecule has 4 fully saturated rings. The number of Topliss-reactive ketones (excluding diaryl/α,β-unsaturated/α-hetero) is 1. The highest BCUT2D eigenvalue weighted by molar-refractivity contribution is 6.02. The van der Waals surface area contributed by atoms with Gasteiger partial charge >= 0.3 is 11.9 Å². The fraction of sp³-hybridized carbons (Fsp3) is 0.660. The number of benzene rings is 2. The summed E-state index contributed by atoms with van der Waals surface area (Å²) in [5.74, 6) is 0.738. The molecule has 8 rings (SSSR count). The topological polar surface area (TPSA) is 129 Å². The van der Waals surface area contributed by atoms with Crippen molar-refractivity contribution >= 4 is 17.7 Å². The molecule has 0 radical (unpaired) electrons. The van der Waals surface area contributed by atoms with Gasteiger partial charge in [0.15, 0.2) is 5.78 Å². The monoisotopic (exact) mass is 810 g/mol. The number of rotatable bonds is 7. The third-order valence-electron chi connectivity index (χ3n) is 17.4. The summed E-state index contributed by atoms with van der Waals surface area (Å²) >= 11 is 0. The molecule has 2 unspecified atom stereocenters. The molecule has 0 spiro atoms. The highest BCUT2D eigenvalue weighted by Gasteiger charge is 2.63. The molecule has 320 valence electrons. The van der Waals surface area contributed by atoms with Crippen molar-refractivity contribution in [2.24, 2.45) is 50.7 Å². The van der Waals surface area contributed by atoms with Crippen LogP contribution in [0.1, 0.15) is 154 Å². The number of hydrogen-bond acceptors (Lipinski definition) is 9. The summed E-state index contributed by atoms with van der Waals surface area (Å²) in [7, 11) is 1.90. The molecule has 1 heterocycles. The van der Waals surface area contributed by atoms with E-state index in [0.717, 1.165) is 25.7 Å². The number of fused-ring (bicyclic) bond motifs is 7. The smallest absolute Gasteiger partial charge is 0.311 e. The van der Waals surface area contributed by atoms with Gasteiger partial charge in [0, 0.05) is 24.7 Å². The van der Waals surface area contributed by atoms with Gasteiger partial charge in [-0.05, 0) is 127 Å². The van der Waals surface area contributed by atoms with Gasteiger partial charge in [0.1, 0.15) is 40.8 Å². The van der Waals surface area contributed by atoms with E-state index in [1.165, 1.54) is 62.8 Å². The number of aromatic hydroxyl groups is 2. The van der Waals surface area contributed by atoms with E-state index in [1.807, 2.05) is 7.11 Å². The normalized spacial score (nSPS) is 36.8. The van der Waals surface area contributed by atoms with Crippen LogP contribution in [0, 0.1) is 50.7 Å². The number of esters is 2. The molecule has 2 aromatic rings. The van der Waals surface area contributed by atoms with Gasteiger partial charge in [-0.25, -0.2) is 0 Å². The summed E-state index contributed by atoms with van der Waals surface area (Å²) in [6, 6.07) is 8.99. The van der Waals surface area contributed by atoms with Gasteiger partial charge in [-0.2, -0.15) is 0 Å². The van der Waals surface area contributed by atoms with E-state index >= 15 is 0 Å². The lowest BCUT2D eigenvalue weighted by Crippen LogP contribution is -2.58. The van der Waals surface area contributed by atoms with Gasteiger partial charge in [0.05, 0.1) is 25.4 Å². The quantitative estimate of drug-likeness (QED) is 0.159. The average Bonchev–Trinajstić information content (AvgIpc) is 3.32. The molecular weight excluding hydrogens is 745 g/mol. The summed E-state index contributed by atoms with van der Waals surface area (Å²) in [5, 5.41) is 20.3. The predicted octanol–water partition coefficient (Wildman–Crippen LogP) is 10.8. The molecule has 0 aromatic heterocycles. The van der Waals surface area contributed by atoms with Crippen LogP contribution in [0.5, 0.6) is 23.0 Å². The van der Waals surface area contributed by atoms with E-state index in [4.69, 9.17) is 18.9 Å². The first kappa shape index (κ1) is 41.9. The number of methoxy groups -OCH3 is 1. The van der Waals surface area contributed by atoms with Crippen molar-refractivity contribution in [3.63, 3.8) is 0 Å². The molecule has 2 N–H and O–H groups in total. The maximum absolute atomic E-state index is 13.4. The number of phenolic OH excluding ortho intramolecular Hbond substituents is 2. The molecule has 9 nitrogen and oxygen atoms in total. The van der Waals surface area contributed by atoms with Crippen LogP contribution in [0.2, 0.25) is 0 Å². The minimum absolute atomic E-state index is 0.0114. The first-order chi connectivity index (χ1) is 27.8. The molecule has 5 aliphatic carbocycles. The lowest BCUT2D eigenvalue weighted by molar-refractivity contribution is -0.178. The van der Waals surface area contributed by atoms with Crippen LogP contribution in [-0.2, 0) is 19.1 Å². The molecule has 6 aliphatic rings. The van der Waals surface area contributed by atoms with Crippen LogP contribution in [0.3, 0.4) is 0 Å². The molecule has 1 aliphatic heterocycles. The molecule has 10 atom stereocenters. The Morgan fingerprint density at radius 2 is 1.46 bits per heavy atom. The largest absolute Gasteiger partial charge is 0.508 e. The SMILES string of the molecule is CO[C@H]1CC[C@@]2(C)C(CC[C@@]3(C)CC4=CC[C@H]5C(C)(C)[C@H](OC(=O)CCC(=O)Oc6cc(O)c7c(c6)O[C@H](c6ccc(O)cc6)CC7=O)CC[C@]5(C)[C@H]4CCC32)C1(C)C. The Labute approximate surface area is 350 Å². The molecule has 9 heteroatoms. The van der Waals surface area contributed by atoms with Crippen molar-refractivity contribution in [1.82, 2.24) is 0 Å². The van der Waals surface area contributed by atoms with Gasteiger partial charge < -0.3 is 29.2 Å². The van der Waals surface area contributed by atoms with Crippen LogP contribution in [0.15, 0.2) is 48.0 Å². The number of ether oxygens (including phenoxy) is 4. The molecular formula is C50H66O9. The fourth-order valence-corrected chi connectivity index (χ4v) is 14.5. The van der Waals surface area contributed by atoms with Crippen LogP contribution in [0.25, 0.3) is 0 Å². The van der Waals surface area contributed by atoms with Crippen molar-refractivity contribution in [2.45, 2.75) is 150 Å². The lowest BCUT2D eigenvalue weighted by atomic mass is 9.42. The molecule has 0 bridgehead atoms. The Bertz CT molecular complexity index is 2010. The van der Waals surface area contributed by atoms with Crippen LogP contribution < -0.4 is 9.47 Å². The van der Waals surface area contributed by atoms with E-state index in [1.54, 1.807) is 17.7 Å². The second-order valence-corrected chi connectivity index (χ2v) is 21.2. The predicted molar refractivity (Wildman–Crippen MR) is 224 cm³/mol. The lowest BCUT2D eigenvalue weighted by Gasteiger charge is -2.64. The summed E-state index contributed by atoms with van der Waals surface area (Å²) in [6.45, 7) is 17.3. The molecule has 4 saturated carbocycles. The van der Waals surface area contributed by atoms with Gasteiger partial charge in [-0.1, -0.05) is 72.2 Å². The maximum atomic E-state index is 13.4. The number of phenols is 2. The molecule has 2 aromatic carbocycles. The molecule has 0 saturated heterocycles. The Kier molecular flexibility index (Phi) is 10.6. The average molecular weight is 811 g/mol. The van der Waals surface area contributed by atoms with Gasteiger partial charge in [-0.15, -0.1) is 0 Å². The van der Waals surface area contributed by atoms with E-state index in [2.05, 4.69) is 54.5 Å². The Balaban J connectivity index is 0.895. The van der Waals surface area contributed by atoms with Crippen molar-refractivity contribution < 1.29 is 43.5 Å². The standard InChI is InChI=1S/C50H66O9/c1-46(2)39-19-22-48(5)28-30-11-15-38-47(3,4)42(21-23-49(38,6)33(30)14-16-40(48)50(39,7)24-20-41(46)56-8)59-44(55)18-17-43(54)57-32-25-34(52)45-35(53)27-36(58-37(45)26-32)29-9-12-31(51)13-10-29/h9-13,25-26,33,36,38-42,51-52H,14-24,27-28H2,1-8H3/t33-,36-,38-,39?,40?,41-,42+,48-,49+,50-/m0/s1. The minimum Gasteiger partial charge on any atom is -0.508 e. The first-order valence-corrected chi connectivity index (χ1v) is 22.3. The summed E-state index contributed by atoms with van der Waals surface area (Å²) in [4.78, 5) is 39.3. The third-order valence-corrected chi connectivity index (χ3v) is 17.4. The van der Waals surface area contributed by atoms with Gasteiger partial charge in [0.2, 0.25) is 0 Å². The zero-order valence-electron chi connectivity index (χ0n) is 36.5. The van der Waals surface area contributed by atoms with E-state index < -0.39 is 18.0 Å². The van der Waals surface area contributed by atoms with E-state index in [9.17, 15) is 24.6 Å². The molecule has 0 amide bonds. The number of carbonyl (C=O) groups excluding carboxylic acids is 3. The Morgan fingerprint density at radius 3 is 2.19 bits per heavy atom. The zero-order valence-corrected chi connectivity index (χ0v) is 36.5. The van der Waals surface area contributed by atoms with Crippen molar-refractivity contribution in [1.29, 1.82) is 0 Å². The minimum atomic E-state index is -0.656. The Hall–Kier alpha value is -3.85. The fourth-order valence-electron chi connectivity index (χ4n) is 14.5.